The van der Waals surface area contributed by atoms with Gasteiger partial charge >= 0.3 is 53.2 Å². The molecule has 726 valence electrons. The minimum absolute atomic E-state index is 0. The molecule has 0 aromatic heterocycles. The number of methoxy groups -OCH3 is 2. The van der Waals surface area contributed by atoms with Crippen molar-refractivity contribution in [3.63, 3.8) is 0 Å². The first kappa shape index (κ1) is 106. The zero-order valence-electron chi connectivity index (χ0n) is 80.7. The van der Waals surface area contributed by atoms with Crippen molar-refractivity contribution in [1.82, 2.24) is 29.8 Å². The van der Waals surface area contributed by atoms with Gasteiger partial charge in [0, 0.05) is 136 Å². The van der Waals surface area contributed by atoms with E-state index in [2.05, 4.69) is 209 Å². The summed E-state index contributed by atoms with van der Waals surface area (Å²) < 4.78 is 40.5. The van der Waals surface area contributed by atoms with Crippen LogP contribution in [0.1, 0.15) is 144 Å². The first-order valence-electron chi connectivity index (χ1n) is 47.4. The third kappa shape index (κ3) is 28.6. The molecule has 12 aromatic rings. The maximum absolute atomic E-state index is 13.0. The molecule has 0 radical (unpaired) electrons. The summed E-state index contributed by atoms with van der Waals surface area (Å²) in [4.78, 5) is 76.2. The number of aromatic hydroxyl groups is 1. The van der Waals surface area contributed by atoms with E-state index in [0.717, 1.165) is 219 Å². The number of hydrogen-bond acceptors (Lipinski definition) is 23. The van der Waals surface area contributed by atoms with E-state index in [-0.39, 0.29) is 59.6 Å². The molecule has 7 aliphatic rings. The molecule has 4 fully saturated rings. The monoisotopic (exact) mass is 1900 g/mol. The summed E-state index contributed by atoms with van der Waals surface area (Å²) in [5.41, 5.74) is 13.6. The van der Waals surface area contributed by atoms with Gasteiger partial charge < -0.3 is 74.7 Å². The minimum atomic E-state index is -0.943. The number of anilines is 7. The molecule has 0 aliphatic carbocycles. The molecular formula is C111H129FN11NaO15. The molecule has 0 bridgehead atoms. The standard InChI is InChI=1S/C29H33N3O2.C26H26N2O3.C25H24N2O3.C20H24N2O3.C6H4FNO2.C4H11N.CH4O.Na.H2O.H2/c1-3-31(4-2)29(33)23-14-15-26-28(20-23)34-27-13-9-8-12-25(27)32(26)24-16-18-30(19-17-24)21-22-10-6-5-7-11-22;1-30-26(29)20-11-12-23-25(17-20)31-24-10-6-5-9-22(24)28(23)21-13-15-27(16-14-21)18-19-7-3-2-4-8-19;28-25(29)19-10-11-22-24(16-19)30-23-9-5-4-8-21(23)27(22)20-12-14-26(15-13-20)17-18-6-2-1-3-7-18;1-25-20(24)16-7-8-18(19(23)13-16)21-17-9-11-22(12-10-17)14-15-5-3-2-4-6-15;7-5-3-1-2-4-6(5)8(9)10;1-3-5-4-2;1-2;;;/h5-15,20,24H,3-4,16-19,21H2,1-2H3;2-12,17,21H,13-16,18H2,1H3;1-11,16,20H,12-15,17H2,(H,28,29);2-8,13,17,21,23H,9-12,14H2,1H3;1-4H;5H,3-4H2,1-2H3;2H,1H3;;1H2;1H/q;;;;;;;+1;;/p-1. The molecule has 0 spiro atoms. The molecule has 7 heterocycles. The number of para-hydroxylation sites is 7. The van der Waals surface area contributed by atoms with E-state index in [4.69, 9.17) is 24.1 Å². The van der Waals surface area contributed by atoms with Gasteiger partial charge in [-0.2, -0.15) is 4.39 Å². The number of piperidine rings is 4. The van der Waals surface area contributed by atoms with Gasteiger partial charge in [-0.05, 0) is 216 Å². The van der Waals surface area contributed by atoms with Crippen LogP contribution in [0, 0.1) is 15.9 Å². The number of hydrogen-bond donors (Lipinski definition) is 5. The Bertz CT molecular complexity index is 5910. The van der Waals surface area contributed by atoms with Crippen molar-refractivity contribution in [3.05, 3.63) is 352 Å². The summed E-state index contributed by atoms with van der Waals surface area (Å²) in [6.07, 6.45) is 8.43. The Labute approximate surface area is 838 Å². The number of ether oxygens (including phenoxy) is 5. The Hall–Kier alpha value is -13.0. The fourth-order valence-electron chi connectivity index (χ4n) is 18.3. The zero-order valence-corrected chi connectivity index (χ0v) is 82.7. The number of fused-ring (bicyclic) bond motifs is 6. The summed E-state index contributed by atoms with van der Waals surface area (Å²) in [6.45, 7) is 24.1. The number of aliphatic hydroxyl groups is 1. The first-order valence-corrected chi connectivity index (χ1v) is 47.4. The molecule has 0 unspecified atom stereocenters. The van der Waals surface area contributed by atoms with Gasteiger partial charge in [0.1, 0.15) is 5.75 Å². The summed E-state index contributed by atoms with van der Waals surface area (Å²) >= 11 is 0. The van der Waals surface area contributed by atoms with E-state index >= 15 is 0 Å². The number of carbonyl (C=O) groups is 4. The first-order chi connectivity index (χ1) is 66.9. The van der Waals surface area contributed by atoms with Gasteiger partial charge in [-0.15, -0.1) is 0 Å². The number of benzene rings is 12. The van der Waals surface area contributed by atoms with Crippen molar-refractivity contribution in [1.29, 1.82) is 0 Å². The number of nitro groups is 1. The van der Waals surface area contributed by atoms with E-state index in [1.165, 1.54) is 54.7 Å². The third-order valence-corrected chi connectivity index (χ3v) is 25.3. The summed E-state index contributed by atoms with van der Waals surface area (Å²) in [5, 5.41) is 43.0. The molecule has 1 amide bonds. The van der Waals surface area contributed by atoms with Crippen molar-refractivity contribution < 1.29 is 104 Å². The molecule has 7 aliphatic heterocycles. The van der Waals surface area contributed by atoms with Gasteiger partial charge in [-0.1, -0.05) is 184 Å². The number of nitro benzene ring substituents is 1. The van der Waals surface area contributed by atoms with Crippen LogP contribution in [-0.2, 0) is 35.7 Å². The molecule has 28 heteroatoms. The van der Waals surface area contributed by atoms with Crippen LogP contribution in [0.4, 0.5) is 49.9 Å². The Balaban J connectivity index is 0.000000181. The normalized spacial score (nSPS) is 14.9. The second-order valence-corrected chi connectivity index (χ2v) is 34.2. The van der Waals surface area contributed by atoms with Crippen LogP contribution in [0.5, 0.6) is 40.2 Å². The molecule has 0 atom stereocenters. The predicted octanol–water partition coefficient (Wildman–Crippen LogP) is 19.0. The Morgan fingerprint density at radius 2 is 0.719 bits per heavy atom. The second-order valence-electron chi connectivity index (χ2n) is 34.2. The van der Waals surface area contributed by atoms with Crippen LogP contribution >= 0.6 is 0 Å². The van der Waals surface area contributed by atoms with Crippen molar-refractivity contribution >= 4 is 69.3 Å². The fourth-order valence-corrected chi connectivity index (χ4v) is 18.3. The van der Waals surface area contributed by atoms with Crippen molar-refractivity contribution in [2.24, 2.45) is 0 Å². The summed E-state index contributed by atoms with van der Waals surface area (Å²) in [7, 11) is 3.72. The number of carboxylic acids is 1. The Morgan fingerprint density at radius 3 is 1.04 bits per heavy atom. The molecular weight excluding hydrogens is 1770 g/mol. The topological polar surface area (TPSA) is 298 Å². The van der Waals surface area contributed by atoms with E-state index in [1.54, 1.807) is 30.3 Å². The number of likely N-dealkylation sites (tertiary alicyclic amines) is 4. The minimum Gasteiger partial charge on any atom is -0.870 e. The summed E-state index contributed by atoms with van der Waals surface area (Å²) in [5.74, 6) is 2.12. The number of esters is 2. The van der Waals surface area contributed by atoms with E-state index in [0.29, 0.717) is 71.1 Å². The largest absolute Gasteiger partial charge is 1.00 e. The maximum atomic E-state index is 13.0. The smallest absolute Gasteiger partial charge is 0.870 e. The van der Waals surface area contributed by atoms with Gasteiger partial charge in [0.05, 0.1) is 75.6 Å². The molecule has 19 rings (SSSR count). The van der Waals surface area contributed by atoms with Crippen molar-refractivity contribution in [2.75, 3.05) is 120 Å². The van der Waals surface area contributed by atoms with E-state index in [9.17, 15) is 43.9 Å². The molecule has 12 aromatic carbocycles. The average molecular weight is 1900 g/mol. The number of carbonyl (C=O) groups excluding carboxylic acids is 3. The number of nitrogens with zero attached hydrogens (tertiary/aromatic N) is 9. The molecule has 6 N–H and O–H groups in total. The number of rotatable bonds is 22. The predicted molar refractivity (Wildman–Crippen MR) is 542 cm³/mol. The Kier molecular flexibility index (Phi) is 41.2. The maximum Gasteiger partial charge on any atom is 1.00 e. The number of phenolic OH excluding ortho intramolecular Hbond substituents is 1. The van der Waals surface area contributed by atoms with Crippen LogP contribution in [0.2, 0.25) is 0 Å². The molecule has 26 nitrogen and oxygen atoms in total. The van der Waals surface area contributed by atoms with E-state index < -0.39 is 28.4 Å². The van der Waals surface area contributed by atoms with Crippen LogP contribution in [0.25, 0.3) is 0 Å². The number of carboxylic acid groups (broad SMARTS) is 1. The fraction of sp³-hybridized carbons (Fsp3) is 0.315. The number of aliphatic hydroxyl groups excluding tert-OH is 1. The number of aromatic carboxylic acids is 1. The zero-order chi connectivity index (χ0) is 96.5. The summed E-state index contributed by atoms with van der Waals surface area (Å²) in [6, 6.07) is 94.8. The van der Waals surface area contributed by atoms with Gasteiger partial charge in [0.2, 0.25) is 5.82 Å². The van der Waals surface area contributed by atoms with Crippen LogP contribution in [0.15, 0.2) is 291 Å². The van der Waals surface area contributed by atoms with Gasteiger partial charge in [0.15, 0.2) is 34.5 Å². The molecule has 0 saturated carbocycles. The van der Waals surface area contributed by atoms with Crippen molar-refractivity contribution in [3.8, 4) is 40.2 Å². The van der Waals surface area contributed by atoms with Crippen LogP contribution in [0.3, 0.4) is 0 Å². The SMILES string of the molecule is CCN(CC)C(=O)c1ccc2c(c1)Oc1ccccc1N2C1CCN(Cc2ccccc2)CC1.CCNCC.CO.COC(=O)c1ccc(NC2CCN(Cc3ccccc3)CC2)c(O)c1.COC(=O)c1ccc2c(c1)Oc1ccccc1N2C1CCN(Cc2ccccc2)CC1.O=C(O)c1ccc2c(c1)Oc1ccccc1N2C1CCN(Cc2ccccc2)CC1.O=[N+]([O-])c1ccccc1F.[HH].[Na+].[OH-]. The molecule has 4 saturated heterocycles. The average Bonchev–Trinajstić information content (AvgIpc) is 0.762. The van der Waals surface area contributed by atoms with Gasteiger partial charge in [-0.3, -0.25) is 34.5 Å². The number of halogens is 1. The number of nitrogens with one attached hydrogen (secondary N) is 2. The van der Waals surface area contributed by atoms with Crippen molar-refractivity contribution in [2.45, 2.75) is 129 Å². The molecule has 139 heavy (non-hydrogen) atoms. The van der Waals surface area contributed by atoms with Gasteiger partial charge in [0.25, 0.3) is 5.91 Å². The van der Waals surface area contributed by atoms with Crippen LogP contribution < -0.4 is 69.1 Å². The Morgan fingerprint density at radius 1 is 0.417 bits per heavy atom. The number of phenols is 1. The van der Waals surface area contributed by atoms with E-state index in [1.807, 2.05) is 104 Å². The second kappa shape index (κ2) is 53.8. The van der Waals surface area contributed by atoms with Gasteiger partial charge in [-0.25, -0.2) is 14.4 Å². The van der Waals surface area contributed by atoms with Crippen LogP contribution in [-0.4, -0.2) is 198 Å². The third-order valence-electron chi connectivity index (χ3n) is 25.3. The number of amides is 1. The quantitative estimate of drug-likeness (QED) is 0.0138.